The molecule has 0 N–H and O–H groups in total. The summed E-state index contributed by atoms with van der Waals surface area (Å²) < 4.78 is 0. The molecule has 0 aromatic rings. The van der Waals surface area contributed by atoms with E-state index >= 15 is 0 Å². The second kappa shape index (κ2) is 4.80. The molecular formula is C8H15NS. The fourth-order valence-corrected chi connectivity index (χ4v) is 2.08. The highest BCUT2D eigenvalue weighted by molar-refractivity contribution is 7.99. The zero-order chi connectivity index (χ0) is 7.23. The lowest BCUT2D eigenvalue weighted by Gasteiger charge is -2.25. The van der Waals surface area contributed by atoms with Crippen LogP contribution >= 0.6 is 11.8 Å². The van der Waals surface area contributed by atoms with Crippen LogP contribution in [0.25, 0.3) is 0 Å². The molecule has 58 valence electrons. The highest BCUT2D eigenvalue weighted by Gasteiger charge is 2.07. The van der Waals surface area contributed by atoms with Gasteiger partial charge in [0, 0.05) is 31.1 Å². The Hall–Kier alpha value is 0.0500. The van der Waals surface area contributed by atoms with Crippen LogP contribution in [0.5, 0.6) is 0 Å². The van der Waals surface area contributed by atoms with Crippen LogP contribution in [0, 0.1) is 0 Å². The molecule has 0 aromatic carbocycles. The standard InChI is InChI=1S/C8H15NS/c1-2-3-4-9-5-7-10-8-6-9/h2H,1,3-8H2. The molecule has 10 heavy (non-hydrogen) atoms. The first-order valence-corrected chi connectivity index (χ1v) is 5.00. The number of nitrogens with zero attached hydrogens (tertiary/aromatic N) is 1. The largest absolute Gasteiger partial charge is 0.301 e. The first-order chi connectivity index (χ1) is 4.93. The number of thioether (sulfide) groups is 1. The maximum absolute atomic E-state index is 3.71. The van der Waals surface area contributed by atoms with Gasteiger partial charge in [0.25, 0.3) is 0 Å². The van der Waals surface area contributed by atoms with Gasteiger partial charge in [-0.25, -0.2) is 0 Å². The Morgan fingerprint density at radius 3 is 2.70 bits per heavy atom. The molecule has 0 atom stereocenters. The minimum atomic E-state index is 1.14. The molecule has 2 heteroatoms. The topological polar surface area (TPSA) is 3.24 Å². The average Bonchev–Trinajstić information content (AvgIpc) is 2.03. The van der Waals surface area contributed by atoms with E-state index < -0.39 is 0 Å². The van der Waals surface area contributed by atoms with Gasteiger partial charge in [-0.15, -0.1) is 6.58 Å². The molecule has 0 amide bonds. The van der Waals surface area contributed by atoms with Crippen LogP contribution < -0.4 is 0 Å². The van der Waals surface area contributed by atoms with E-state index in [2.05, 4.69) is 23.2 Å². The normalized spacial score (nSPS) is 20.8. The van der Waals surface area contributed by atoms with Crippen molar-refractivity contribution in [3.05, 3.63) is 12.7 Å². The van der Waals surface area contributed by atoms with Gasteiger partial charge in [-0.05, 0) is 6.42 Å². The van der Waals surface area contributed by atoms with Crippen molar-refractivity contribution in [1.29, 1.82) is 0 Å². The molecule has 1 heterocycles. The molecule has 1 saturated heterocycles. The average molecular weight is 157 g/mol. The third kappa shape index (κ3) is 2.76. The lowest BCUT2D eigenvalue weighted by atomic mass is 10.3. The van der Waals surface area contributed by atoms with E-state index in [1.54, 1.807) is 0 Å². The maximum atomic E-state index is 3.71. The molecule has 0 spiro atoms. The molecule has 1 aliphatic heterocycles. The highest BCUT2D eigenvalue weighted by atomic mass is 32.2. The summed E-state index contributed by atoms with van der Waals surface area (Å²) in [5, 5.41) is 0. The zero-order valence-corrected chi connectivity index (χ0v) is 7.20. The fraction of sp³-hybridized carbons (Fsp3) is 0.750. The van der Waals surface area contributed by atoms with Crippen LogP contribution in [0.3, 0.4) is 0 Å². The van der Waals surface area contributed by atoms with E-state index in [4.69, 9.17) is 0 Å². The van der Waals surface area contributed by atoms with Crippen LogP contribution in [0.4, 0.5) is 0 Å². The summed E-state index contributed by atoms with van der Waals surface area (Å²) in [6.45, 7) is 7.48. The summed E-state index contributed by atoms with van der Waals surface area (Å²) in [7, 11) is 0. The van der Waals surface area contributed by atoms with Crippen LogP contribution in [0.2, 0.25) is 0 Å². The second-order valence-corrected chi connectivity index (χ2v) is 3.76. The summed E-state index contributed by atoms with van der Waals surface area (Å²) in [6, 6.07) is 0. The third-order valence-corrected chi connectivity index (χ3v) is 2.70. The smallest absolute Gasteiger partial charge is 0.00728 e. The molecule has 0 bridgehead atoms. The molecule has 1 rings (SSSR count). The Balaban J connectivity index is 2.07. The predicted octanol–water partition coefficient (Wildman–Crippen LogP) is 1.61. The summed E-state index contributed by atoms with van der Waals surface area (Å²) in [6.07, 6.45) is 3.15. The minimum Gasteiger partial charge on any atom is -0.301 e. The molecule has 1 nitrogen and oxygen atoms in total. The Labute approximate surface area is 67.5 Å². The lowest BCUT2D eigenvalue weighted by Crippen LogP contribution is -2.33. The predicted molar refractivity (Wildman–Crippen MR) is 48.6 cm³/mol. The number of rotatable bonds is 3. The quantitative estimate of drug-likeness (QED) is 0.573. The SMILES string of the molecule is C=CCCN1CCSCC1. The molecule has 0 aliphatic carbocycles. The van der Waals surface area contributed by atoms with E-state index in [-0.39, 0.29) is 0 Å². The summed E-state index contributed by atoms with van der Waals surface area (Å²) in [4.78, 5) is 2.51. The van der Waals surface area contributed by atoms with Crippen molar-refractivity contribution in [2.75, 3.05) is 31.1 Å². The van der Waals surface area contributed by atoms with E-state index in [0.29, 0.717) is 0 Å². The summed E-state index contributed by atoms with van der Waals surface area (Å²) in [5.74, 6) is 2.63. The van der Waals surface area contributed by atoms with Gasteiger partial charge < -0.3 is 4.90 Å². The monoisotopic (exact) mass is 157 g/mol. The molecular weight excluding hydrogens is 142 g/mol. The van der Waals surface area contributed by atoms with E-state index in [1.165, 1.54) is 31.1 Å². The van der Waals surface area contributed by atoms with Gasteiger partial charge in [0.05, 0.1) is 0 Å². The first kappa shape index (κ1) is 8.15. The van der Waals surface area contributed by atoms with Crippen LogP contribution in [0.1, 0.15) is 6.42 Å². The van der Waals surface area contributed by atoms with Crippen molar-refractivity contribution in [3.63, 3.8) is 0 Å². The van der Waals surface area contributed by atoms with Gasteiger partial charge in [0.1, 0.15) is 0 Å². The van der Waals surface area contributed by atoms with Gasteiger partial charge in [-0.3, -0.25) is 0 Å². The Kier molecular flexibility index (Phi) is 3.91. The van der Waals surface area contributed by atoms with Crippen molar-refractivity contribution in [2.45, 2.75) is 6.42 Å². The minimum absolute atomic E-state index is 1.14. The zero-order valence-electron chi connectivity index (χ0n) is 6.38. The summed E-state index contributed by atoms with van der Waals surface area (Å²) >= 11 is 2.06. The van der Waals surface area contributed by atoms with E-state index in [1.807, 2.05) is 6.08 Å². The molecule has 0 unspecified atom stereocenters. The second-order valence-electron chi connectivity index (χ2n) is 2.53. The Morgan fingerprint density at radius 2 is 2.10 bits per heavy atom. The fourth-order valence-electron chi connectivity index (χ4n) is 1.10. The first-order valence-electron chi connectivity index (χ1n) is 3.84. The van der Waals surface area contributed by atoms with Crippen molar-refractivity contribution < 1.29 is 0 Å². The van der Waals surface area contributed by atoms with Gasteiger partial charge in [0.2, 0.25) is 0 Å². The molecule has 0 aromatic heterocycles. The number of hydrogen-bond acceptors (Lipinski definition) is 2. The molecule has 1 fully saturated rings. The highest BCUT2D eigenvalue weighted by Crippen LogP contribution is 2.08. The summed E-state index contributed by atoms with van der Waals surface area (Å²) in [5.41, 5.74) is 0. The molecule has 0 radical (unpaired) electrons. The van der Waals surface area contributed by atoms with Gasteiger partial charge in [-0.2, -0.15) is 11.8 Å². The van der Waals surface area contributed by atoms with Crippen molar-refractivity contribution in [2.24, 2.45) is 0 Å². The number of hydrogen-bond donors (Lipinski definition) is 0. The van der Waals surface area contributed by atoms with Gasteiger partial charge >= 0.3 is 0 Å². The molecule has 0 saturated carbocycles. The third-order valence-electron chi connectivity index (χ3n) is 1.75. The van der Waals surface area contributed by atoms with Crippen LogP contribution in [-0.2, 0) is 0 Å². The van der Waals surface area contributed by atoms with Crippen molar-refractivity contribution >= 4 is 11.8 Å². The Bertz CT molecular complexity index is 97.4. The van der Waals surface area contributed by atoms with Gasteiger partial charge in [0.15, 0.2) is 0 Å². The van der Waals surface area contributed by atoms with Crippen molar-refractivity contribution in [3.8, 4) is 0 Å². The van der Waals surface area contributed by atoms with E-state index in [9.17, 15) is 0 Å². The van der Waals surface area contributed by atoms with Crippen molar-refractivity contribution in [1.82, 2.24) is 4.90 Å². The maximum Gasteiger partial charge on any atom is 0.00728 e. The molecule has 1 aliphatic rings. The Morgan fingerprint density at radius 1 is 1.40 bits per heavy atom. The van der Waals surface area contributed by atoms with Crippen LogP contribution in [-0.4, -0.2) is 36.0 Å². The van der Waals surface area contributed by atoms with Gasteiger partial charge in [-0.1, -0.05) is 6.08 Å². The lowest BCUT2D eigenvalue weighted by molar-refractivity contribution is 0.309. The van der Waals surface area contributed by atoms with Crippen LogP contribution in [0.15, 0.2) is 12.7 Å². The van der Waals surface area contributed by atoms with E-state index in [0.717, 1.165) is 6.42 Å².